The lowest BCUT2D eigenvalue weighted by atomic mass is 10.3. The third-order valence-electron chi connectivity index (χ3n) is 1.81. The average molecular weight is 224 g/mol. The summed E-state index contributed by atoms with van der Waals surface area (Å²) in [6.45, 7) is 0. The number of aromatic nitrogens is 3. The van der Waals surface area contributed by atoms with Gasteiger partial charge in [0.25, 0.3) is 10.0 Å². The van der Waals surface area contributed by atoms with Gasteiger partial charge in [-0.15, -0.1) is 5.10 Å². The third kappa shape index (κ3) is 1.88. The van der Waals surface area contributed by atoms with Gasteiger partial charge in [0.15, 0.2) is 5.03 Å². The van der Waals surface area contributed by atoms with Crippen molar-refractivity contribution in [3.8, 4) is 5.69 Å². The van der Waals surface area contributed by atoms with E-state index in [-0.39, 0.29) is 5.03 Å². The predicted molar refractivity (Wildman–Crippen MR) is 52.7 cm³/mol. The van der Waals surface area contributed by atoms with E-state index in [0.29, 0.717) is 5.69 Å². The monoisotopic (exact) mass is 224 g/mol. The Balaban J connectivity index is 2.61. The SMILES string of the molecule is NS(=O)(=O)c1cnnn1-c1ccccc1. The maximum atomic E-state index is 11.2. The average Bonchev–Trinajstić information content (AvgIpc) is 2.67. The summed E-state index contributed by atoms with van der Waals surface area (Å²) >= 11 is 0. The van der Waals surface area contributed by atoms with E-state index in [9.17, 15) is 8.42 Å². The summed E-state index contributed by atoms with van der Waals surface area (Å²) in [4.78, 5) is 0. The molecule has 0 bridgehead atoms. The number of nitrogens with two attached hydrogens (primary N) is 1. The molecule has 0 aliphatic rings. The largest absolute Gasteiger partial charge is 0.257 e. The highest BCUT2D eigenvalue weighted by Gasteiger charge is 2.16. The van der Waals surface area contributed by atoms with E-state index >= 15 is 0 Å². The van der Waals surface area contributed by atoms with Gasteiger partial charge in [0.05, 0.1) is 11.9 Å². The van der Waals surface area contributed by atoms with Crippen molar-refractivity contribution >= 4 is 10.0 Å². The van der Waals surface area contributed by atoms with Crippen molar-refractivity contribution in [2.24, 2.45) is 5.14 Å². The number of primary sulfonamides is 1. The van der Waals surface area contributed by atoms with E-state index in [1.165, 1.54) is 4.68 Å². The predicted octanol–water partition coefficient (Wildman–Crippen LogP) is -0.0853. The molecule has 0 unspecified atom stereocenters. The smallest absolute Gasteiger partial charge is 0.223 e. The fourth-order valence-electron chi connectivity index (χ4n) is 1.17. The van der Waals surface area contributed by atoms with Gasteiger partial charge in [-0.25, -0.2) is 18.2 Å². The molecule has 1 aromatic carbocycles. The fraction of sp³-hybridized carbons (Fsp3) is 0. The lowest BCUT2D eigenvalue weighted by molar-refractivity contribution is 0.587. The second kappa shape index (κ2) is 3.44. The van der Waals surface area contributed by atoms with Crippen molar-refractivity contribution in [3.05, 3.63) is 36.5 Å². The minimum absolute atomic E-state index is 0.131. The highest BCUT2D eigenvalue weighted by atomic mass is 32.2. The van der Waals surface area contributed by atoms with Crippen molar-refractivity contribution in [2.45, 2.75) is 5.03 Å². The van der Waals surface area contributed by atoms with Crippen LogP contribution < -0.4 is 5.14 Å². The van der Waals surface area contributed by atoms with Gasteiger partial charge in [-0.3, -0.25) is 0 Å². The number of hydrogen-bond acceptors (Lipinski definition) is 4. The molecule has 2 aromatic rings. The van der Waals surface area contributed by atoms with Gasteiger partial charge >= 0.3 is 0 Å². The standard InChI is InChI=1S/C8H8N4O2S/c9-15(13,14)8-6-10-11-12(8)7-4-2-1-3-5-7/h1-6H,(H2,9,13,14). The number of sulfonamides is 1. The maximum absolute atomic E-state index is 11.2. The van der Waals surface area contributed by atoms with Gasteiger partial charge in [-0.1, -0.05) is 23.4 Å². The number of benzene rings is 1. The van der Waals surface area contributed by atoms with Crippen molar-refractivity contribution in [3.63, 3.8) is 0 Å². The van der Waals surface area contributed by atoms with E-state index in [0.717, 1.165) is 6.20 Å². The molecule has 0 spiro atoms. The van der Waals surface area contributed by atoms with Crippen LogP contribution in [-0.2, 0) is 10.0 Å². The number of para-hydroxylation sites is 1. The minimum atomic E-state index is -3.80. The van der Waals surface area contributed by atoms with E-state index in [4.69, 9.17) is 5.14 Å². The lowest BCUT2D eigenvalue weighted by Crippen LogP contribution is -2.17. The van der Waals surface area contributed by atoms with Crippen LogP contribution in [0, 0.1) is 0 Å². The molecule has 0 saturated carbocycles. The van der Waals surface area contributed by atoms with Gasteiger partial charge in [0, 0.05) is 0 Å². The molecule has 0 amide bonds. The normalized spacial score (nSPS) is 11.5. The third-order valence-corrected chi connectivity index (χ3v) is 2.67. The van der Waals surface area contributed by atoms with Gasteiger partial charge in [0.2, 0.25) is 0 Å². The zero-order valence-electron chi connectivity index (χ0n) is 7.61. The van der Waals surface area contributed by atoms with E-state index in [1.54, 1.807) is 24.3 Å². The fourth-order valence-corrected chi connectivity index (χ4v) is 1.74. The maximum Gasteiger partial charge on any atom is 0.257 e. The van der Waals surface area contributed by atoms with Gasteiger partial charge < -0.3 is 0 Å². The zero-order valence-corrected chi connectivity index (χ0v) is 8.42. The van der Waals surface area contributed by atoms with E-state index < -0.39 is 10.0 Å². The Kier molecular flexibility index (Phi) is 2.25. The van der Waals surface area contributed by atoms with Crippen molar-refractivity contribution in [2.75, 3.05) is 0 Å². The summed E-state index contributed by atoms with van der Waals surface area (Å²) in [6.07, 6.45) is 1.11. The molecular formula is C8H8N4O2S. The minimum Gasteiger partial charge on any atom is -0.223 e. The number of rotatable bonds is 2. The molecule has 0 radical (unpaired) electrons. The Morgan fingerprint density at radius 1 is 1.20 bits per heavy atom. The Bertz CT molecular complexity index is 561. The van der Waals surface area contributed by atoms with Crippen molar-refractivity contribution in [1.29, 1.82) is 0 Å². The Labute approximate surface area is 86.4 Å². The summed E-state index contributed by atoms with van der Waals surface area (Å²) in [6, 6.07) is 8.78. The summed E-state index contributed by atoms with van der Waals surface area (Å²) in [5, 5.41) is 12.1. The van der Waals surface area contributed by atoms with Crippen LogP contribution in [0.1, 0.15) is 0 Å². The Morgan fingerprint density at radius 2 is 1.87 bits per heavy atom. The first-order valence-corrected chi connectivity index (χ1v) is 5.62. The number of hydrogen-bond donors (Lipinski definition) is 1. The molecular weight excluding hydrogens is 216 g/mol. The molecule has 78 valence electrons. The number of nitrogens with zero attached hydrogens (tertiary/aromatic N) is 3. The van der Waals surface area contributed by atoms with E-state index in [1.807, 2.05) is 6.07 Å². The molecule has 0 fully saturated rings. The second-order valence-electron chi connectivity index (χ2n) is 2.86. The molecule has 2 N–H and O–H groups in total. The molecule has 1 heterocycles. The second-order valence-corrected chi connectivity index (χ2v) is 4.37. The highest BCUT2D eigenvalue weighted by Crippen LogP contribution is 2.11. The molecule has 2 rings (SSSR count). The Morgan fingerprint density at radius 3 is 2.47 bits per heavy atom. The van der Waals surface area contributed by atoms with Crippen LogP contribution in [0.2, 0.25) is 0 Å². The summed E-state index contributed by atoms with van der Waals surface area (Å²) in [7, 11) is -3.80. The lowest BCUT2D eigenvalue weighted by Gasteiger charge is -2.02. The zero-order chi connectivity index (χ0) is 10.9. The van der Waals surface area contributed by atoms with Crippen molar-refractivity contribution in [1.82, 2.24) is 15.0 Å². The molecule has 0 atom stereocenters. The van der Waals surface area contributed by atoms with Crippen LogP contribution in [-0.4, -0.2) is 23.4 Å². The molecule has 15 heavy (non-hydrogen) atoms. The van der Waals surface area contributed by atoms with Gasteiger partial charge in [0.1, 0.15) is 0 Å². The van der Waals surface area contributed by atoms with Crippen LogP contribution in [0.5, 0.6) is 0 Å². The quantitative estimate of drug-likeness (QED) is 0.772. The molecule has 0 aliphatic heterocycles. The Hall–Kier alpha value is -1.73. The van der Waals surface area contributed by atoms with E-state index in [2.05, 4.69) is 10.3 Å². The van der Waals surface area contributed by atoms with Crippen LogP contribution in [0.25, 0.3) is 5.69 Å². The first-order valence-electron chi connectivity index (χ1n) is 4.08. The van der Waals surface area contributed by atoms with Crippen LogP contribution in [0.3, 0.4) is 0 Å². The van der Waals surface area contributed by atoms with Gasteiger partial charge in [-0.05, 0) is 12.1 Å². The van der Waals surface area contributed by atoms with Crippen molar-refractivity contribution < 1.29 is 8.42 Å². The van der Waals surface area contributed by atoms with Crippen LogP contribution in [0.15, 0.2) is 41.6 Å². The van der Waals surface area contributed by atoms with Crippen LogP contribution >= 0.6 is 0 Å². The first-order chi connectivity index (χ1) is 7.09. The van der Waals surface area contributed by atoms with Crippen LogP contribution in [0.4, 0.5) is 0 Å². The summed E-state index contributed by atoms with van der Waals surface area (Å²) in [5.74, 6) is 0. The van der Waals surface area contributed by atoms with Gasteiger partial charge in [-0.2, -0.15) is 0 Å². The molecule has 0 aliphatic carbocycles. The topological polar surface area (TPSA) is 90.9 Å². The summed E-state index contributed by atoms with van der Waals surface area (Å²) < 4.78 is 23.5. The molecule has 1 aromatic heterocycles. The highest BCUT2D eigenvalue weighted by molar-refractivity contribution is 7.89. The molecule has 0 saturated heterocycles. The molecule has 6 nitrogen and oxygen atoms in total. The first kappa shape index (κ1) is 9.81. The molecule has 7 heteroatoms. The summed E-state index contributed by atoms with van der Waals surface area (Å²) in [5.41, 5.74) is 0.596.